The SMILES string of the molecule is Cc1cc(C)n2cc(CSC(C)(C)[C@H](N)C(=O)O)nc2n1. The van der Waals surface area contributed by atoms with Crippen LogP contribution in [0.25, 0.3) is 5.78 Å². The van der Waals surface area contributed by atoms with Gasteiger partial charge in [0.25, 0.3) is 0 Å². The zero-order chi connectivity index (χ0) is 15.8. The molecule has 0 unspecified atom stereocenters. The second-order valence-corrected chi connectivity index (χ2v) is 7.28. The lowest BCUT2D eigenvalue weighted by Gasteiger charge is -2.27. The van der Waals surface area contributed by atoms with E-state index in [9.17, 15) is 4.79 Å². The van der Waals surface area contributed by atoms with E-state index in [1.54, 1.807) is 0 Å². The number of aliphatic carboxylic acids is 1. The van der Waals surface area contributed by atoms with Gasteiger partial charge in [0.05, 0.1) is 5.69 Å². The van der Waals surface area contributed by atoms with Gasteiger partial charge >= 0.3 is 5.97 Å². The lowest BCUT2D eigenvalue weighted by atomic mass is 10.1. The van der Waals surface area contributed by atoms with E-state index in [4.69, 9.17) is 10.8 Å². The molecule has 0 aromatic carbocycles. The average molecular weight is 308 g/mol. The number of hydrogen-bond donors (Lipinski definition) is 2. The molecule has 0 bridgehead atoms. The highest BCUT2D eigenvalue weighted by molar-refractivity contribution is 7.99. The minimum atomic E-state index is -0.990. The largest absolute Gasteiger partial charge is 0.480 e. The van der Waals surface area contributed by atoms with Gasteiger partial charge in [0.2, 0.25) is 5.78 Å². The van der Waals surface area contributed by atoms with Crippen molar-refractivity contribution in [2.24, 2.45) is 5.73 Å². The maximum Gasteiger partial charge on any atom is 0.321 e. The fraction of sp³-hybridized carbons (Fsp3) is 0.500. The molecule has 6 nitrogen and oxygen atoms in total. The van der Waals surface area contributed by atoms with Crippen LogP contribution >= 0.6 is 11.8 Å². The molecule has 0 aliphatic heterocycles. The summed E-state index contributed by atoms with van der Waals surface area (Å²) >= 11 is 1.48. The number of nitrogens with two attached hydrogens (primary N) is 1. The zero-order valence-electron chi connectivity index (χ0n) is 12.6. The first-order valence-corrected chi connectivity index (χ1v) is 7.64. The highest BCUT2D eigenvalue weighted by Crippen LogP contribution is 2.30. The minimum absolute atomic E-state index is 0.569. The third-order valence-corrected chi connectivity index (χ3v) is 4.86. The zero-order valence-corrected chi connectivity index (χ0v) is 13.4. The van der Waals surface area contributed by atoms with Crippen molar-refractivity contribution in [2.45, 2.75) is 44.2 Å². The molecule has 2 heterocycles. The number of carboxylic acids is 1. The fourth-order valence-corrected chi connectivity index (χ4v) is 2.97. The average Bonchev–Trinajstić information content (AvgIpc) is 2.78. The first-order valence-electron chi connectivity index (χ1n) is 6.65. The standard InChI is InChI=1S/C14H20N4O2S/c1-8-5-9(2)18-6-10(17-13(18)16-8)7-21-14(3,4)11(15)12(19)20/h5-6,11H,7,15H2,1-4H3,(H,19,20)/t11-/m1/s1. The topological polar surface area (TPSA) is 93.5 Å². The Bertz CT molecular complexity index is 681. The maximum atomic E-state index is 11.0. The molecule has 0 radical (unpaired) electrons. The van der Waals surface area contributed by atoms with Crippen molar-refractivity contribution in [1.29, 1.82) is 0 Å². The number of thioether (sulfide) groups is 1. The summed E-state index contributed by atoms with van der Waals surface area (Å²) in [6.07, 6.45) is 1.94. The summed E-state index contributed by atoms with van der Waals surface area (Å²) in [5, 5.41) is 9.03. The van der Waals surface area contributed by atoms with Crippen LogP contribution in [0.5, 0.6) is 0 Å². The van der Waals surface area contributed by atoms with E-state index in [-0.39, 0.29) is 0 Å². The summed E-state index contributed by atoms with van der Waals surface area (Å²) in [6, 6.07) is 1.08. The summed E-state index contributed by atoms with van der Waals surface area (Å²) in [6.45, 7) is 7.61. The van der Waals surface area contributed by atoms with Crippen molar-refractivity contribution in [3.05, 3.63) is 29.3 Å². The van der Waals surface area contributed by atoms with Crippen molar-refractivity contribution in [3.63, 3.8) is 0 Å². The molecule has 3 N–H and O–H groups in total. The Labute approximate surface area is 127 Å². The van der Waals surface area contributed by atoms with Crippen LogP contribution in [0, 0.1) is 13.8 Å². The Morgan fingerprint density at radius 2 is 2.14 bits per heavy atom. The number of hydrogen-bond acceptors (Lipinski definition) is 5. The van der Waals surface area contributed by atoms with Gasteiger partial charge in [0.15, 0.2) is 0 Å². The molecular formula is C14H20N4O2S. The molecular weight excluding hydrogens is 288 g/mol. The molecule has 2 rings (SSSR count). The molecule has 0 amide bonds. The number of aromatic nitrogens is 3. The Hall–Kier alpha value is -1.60. The molecule has 0 saturated heterocycles. The number of carbonyl (C=O) groups is 1. The maximum absolute atomic E-state index is 11.0. The summed E-state index contributed by atoms with van der Waals surface area (Å²) in [5.41, 5.74) is 8.59. The lowest BCUT2D eigenvalue weighted by Crippen LogP contribution is -2.46. The Morgan fingerprint density at radius 1 is 1.48 bits per heavy atom. The van der Waals surface area contributed by atoms with Gasteiger partial charge in [-0.2, -0.15) is 0 Å². The molecule has 114 valence electrons. The third-order valence-electron chi connectivity index (χ3n) is 3.42. The number of carboxylic acid groups (broad SMARTS) is 1. The lowest BCUT2D eigenvalue weighted by molar-refractivity contribution is -0.139. The monoisotopic (exact) mass is 308 g/mol. The molecule has 0 saturated carbocycles. The van der Waals surface area contributed by atoms with Gasteiger partial charge < -0.3 is 10.8 Å². The van der Waals surface area contributed by atoms with E-state index in [0.29, 0.717) is 11.5 Å². The van der Waals surface area contributed by atoms with Gasteiger partial charge in [-0.3, -0.25) is 9.20 Å². The molecule has 21 heavy (non-hydrogen) atoms. The highest BCUT2D eigenvalue weighted by atomic mass is 32.2. The normalized spacial score (nSPS) is 13.6. The molecule has 0 aliphatic carbocycles. The van der Waals surface area contributed by atoms with Crippen molar-refractivity contribution in [3.8, 4) is 0 Å². The van der Waals surface area contributed by atoms with E-state index < -0.39 is 16.8 Å². The summed E-state index contributed by atoms with van der Waals surface area (Å²) < 4.78 is 1.37. The number of fused-ring (bicyclic) bond motifs is 1. The van der Waals surface area contributed by atoms with Gasteiger partial charge in [-0.1, -0.05) is 0 Å². The van der Waals surface area contributed by atoms with Gasteiger partial charge in [0.1, 0.15) is 6.04 Å². The summed E-state index contributed by atoms with van der Waals surface area (Å²) in [5.74, 6) is 0.273. The van der Waals surface area contributed by atoms with Gasteiger partial charge in [0, 0.05) is 28.1 Å². The third kappa shape index (κ3) is 3.36. The van der Waals surface area contributed by atoms with Crippen molar-refractivity contribution < 1.29 is 9.90 Å². The summed E-state index contributed by atoms with van der Waals surface area (Å²) in [7, 11) is 0. The van der Waals surface area contributed by atoms with E-state index >= 15 is 0 Å². The first-order chi connectivity index (χ1) is 9.70. The number of rotatable bonds is 5. The van der Waals surface area contributed by atoms with E-state index in [1.807, 2.05) is 44.4 Å². The smallest absolute Gasteiger partial charge is 0.321 e. The molecule has 7 heteroatoms. The van der Waals surface area contributed by atoms with Crippen LogP contribution in [-0.2, 0) is 10.5 Å². The van der Waals surface area contributed by atoms with E-state index in [1.165, 1.54) is 11.8 Å². The molecule has 0 spiro atoms. The van der Waals surface area contributed by atoms with Crippen LogP contribution in [-0.4, -0.2) is 36.2 Å². The van der Waals surface area contributed by atoms with Crippen LogP contribution in [0.2, 0.25) is 0 Å². The fourth-order valence-electron chi connectivity index (χ4n) is 2.03. The van der Waals surface area contributed by atoms with Crippen LogP contribution in [0.15, 0.2) is 12.3 Å². The van der Waals surface area contributed by atoms with Crippen molar-refractivity contribution in [2.75, 3.05) is 0 Å². The second kappa shape index (κ2) is 5.65. The molecule has 0 aliphatic rings. The molecule has 1 atom stereocenters. The van der Waals surface area contributed by atoms with Gasteiger partial charge in [-0.05, 0) is 33.8 Å². The van der Waals surface area contributed by atoms with Gasteiger partial charge in [-0.25, -0.2) is 9.97 Å². The van der Waals surface area contributed by atoms with Crippen molar-refractivity contribution >= 4 is 23.5 Å². The minimum Gasteiger partial charge on any atom is -0.480 e. The summed E-state index contributed by atoms with van der Waals surface area (Å²) in [4.78, 5) is 19.9. The quantitative estimate of drug-likeness (QED) is 0.874. The second-order valence-electron chi connectivity index (χ2n) is 5.65. The molecule has 0 fully saturated rings. The van der Waals surface area contributed by atoms with Gasteiger partial charge in [-0.15, -0.1) is 11.8 Å². The first kappa shape index (κ1) is 15.8. The van der Waals surface area contributed by atoms with Crippen LogP contribution in [0.1, 0.15) is 30.9 Å². The molecule has 2 aromatic heterocycles. The Kier molecular flexibility index (Phi) is 4.25. The Balaban J connectivity index is 2.17. The van der Waals surface area contributed by atoms with Crippen LogP contribution in [0.3, 0.4) is 0 Å². The highest BCUT2D eigenvalue weighted by Gasteiger charge is 2.32. The number of nitrogens with zero attached hydrogens (tertiary/aromatic N) is 3. The predicted octanol–water partition coefficient (Wildman–Crippen LogP) is 1.77. The van der Waals surface area contributed by atoms with E-state index in [2.05, 4.69) is 9.97 Å². The van der Waals surface area contributed by atoms with Crippen LogP contribution in [0.4, 0.5) is 0 Å². The van der Waals surface area contributed by atoms with Crippen LogP contribution < -0.4 is 5.73 Å². The number of aryl methyl sites for hydroxylation is 2. The number of imidazole rings is 1. The predicted molar refractivity (Wildman–Crippen MR) is 83.4 cm³/mol. The molecule has 2 aromatic rings. The van der Waals surface area contributed by atoms with E-state index in [0.717, 1.165) is 17.1 Å². The van der Waals surface area contributed by atoms with Crippen molar-refractivity contribution in [1.82, 2.24) is 14.4 Å². The Morgan fingerprint density at radius 3 is 2.76 bits per heavy atom.